The number of nitrogens with one attached hydrogen (secondary N) is 1. The summed E-state index contributed by atoms with van der Waals surface area (Å²) in [6.07, 6.45) is 0. The van der Waals surface area contributed by atoms with Crippen LogP contribution < -0.4 is 14.8 Å². The number of methoxy groups -OCH3 is 1. The third kappa shape index (κ3) is 5.98. The Morgan fingerprint density at radius 1 is 1.17 bits per heavy atom. The molecule has 1 N–H and O–H groups in total. The molecule has 2 aromatic rings. The number of carbonyl (C=O) groups is 1. The highest BCUT2D eigenvalue weighted by molar-refractivity contribution is 7.99. The van der Waals surface area contributed by atoms with Gasteiger partial charge in [-0.1, -0.05) is 17.7 Å². The van der Waals surface area contributed by atoms with Crippen LogP contribution in [0.15, 0.2) is 47.4 Å². The van der Waals surface area contributed by atoms with E-state index < -0.39 is 0 Å². The van der Waals surface area contributed by atoms with E-state index in [1.165, 1.54) is 0 Å². The summed E-state index contributed by atoms with van der Waals surface area (Å²) in [4.78, 5) is 13.0. The molecule has 0 aliphatic heterocycles. The van der Waals surface area contributed by atoms with Gasteiger partial charge in [0.25, 0.3) is 5.91 Å². The number of benzene rings is 2. The van der Waals surface area contributed by atoms with Crippen LogP contribution >= 0.6 is 23.4 Å². The van der Waals surface area contributed by atoms with Crippen molar-refractivity contribution in [3.63, 3.8) is 0 Å². The van der Waals surface area contributed by atoms with Crippen molar-refractivity contribution in [3.05, 3.63) is 53.1 Å². The van der Waals surface area contributed by atoms with Gasteiger partial charge in [0.1, 0.15) is 0 Å². The summed E-state index contributed by atoms with van der Waals surface area (Å²) in [6.45, 7) is 2.50. The normalized spacial score (nSPS) is 10.3. The lowest BCUT2D eigenvalue weighted by Crippen LogP contribution is -2.30. The summed E-state index contributed by atoms with van der Waals surface area (Å²) in [5, 5.41) is 3.55. The van der Waals surface area contributed by atoms with Gasteiger partial charge in [-0.2, -0.15) is 0 Å². The van der Waals surface area contributed by atoms with Crippen LogP contribution in [0.1, 0.15) is 5.56 Å². The summed E-state index contributed by atoms with van der Waals surface area (Å²) in [5.74, 6) is 1.81. The number of amides is 1. The molecule has 0 saturated carbocycles. The molecule has 0 aliphatic rings. The topological polar surface area (TPSA) is 47.6 Å². The molecule has 2 rings (SSSR count). The number of carbonyl (C=O) groups excluding carboxylic acids is 1. The summed E-state index contributed by atoms with van der Waals surface area (Å²) in [5.41, 5.74) is 1.07. The van der Waals surface area contributed by atoms with Crippen LogP contribution in [0.3, 0.4) is 0 Å². The van der Waals surface area contributed by atoms with E-state index in [2.05, 4.69) is 5.32 Å². The minimum absolute atomic E-state index is 0.0367. The molecular weight excluding hydrogens is 346 g/mol. The minimum atomic E-state index is -0.158. The second-order valence-electron chi connectivity index (χ2n) is 5.10. The SMILES string of the molecule is COc1cc(C)ccc1OCC(=O)NCCSc1ccc(Cl)cc1. The molecule has 0 spiro atoms. The first-order valence-corrected chi connectivity index (χ1v) is 8.87. The first-order chi connectivity index (χ1) is 11.6. The third-order valence-electron chi connectivity index (χ3n) is 3.18. The fourth-order valence-corrected chi connectivity index (χ4v) is 2.87. The Morgan fingerprint density at radius 3 is 2.62 bits per heavy atom. The fourth-order valence-electron chi connectivity index (χ4n) is 1.98. The van der Waals surface area contributed by atoms with E-state index in [0.29, 0.717) is 18.0 Å². The van der Waals surface area contributed by atoms with Crippen molar-refractivity contribution in [2.45, 2.75) is 11.8 Å². The molecule has 0 unspecified atom stereocenters. The molecule has 128 valence electrons. The fraction of sp³-hybridized carbons (Fsp3) is 0.278. The van der Waals surface area contributed by atoms with Gasteiger partial charge in [0, 0.05) is 22.2 Å². The predicted molar refractivity (Wildman–Crippen MR) is 98.4 cm³/mol. The van der Waals surface area contributed by atoms with Crippen molar-refractivity contribution in [1.29, 1.82) is 0 Å². The van der Waals surface area contributed by atoms with Gasteiger partial charge in [0.2, 0.25) is 0 Å². The number of hydrogen-bond donors (Lipinski definition) is 1. The molecule has 0 fully saturated rings. The van der Waals surface area contributed by atoms with Gasteiger partial charge in [-0.3, -0.25) is 4.79 Å². The maximum atomic E-state index is 11.8. The van der Waals surface area contributed by atoms with Crippen LogP contribution in [0, 0.1) is 6.92 Å². The van der Waals surface area contributed by atoms with Gasteiger partial charge in [-0.15, -0.1) is 11.8 Å². The summed E-state index contributed by atoms with van der Waals surface area (Å²) >= 11 is 7.50. The molecule has 2 aromatic carbocycles. The molecule has 0 atom stereocenters. The first kappa shape index (κ1) is 18.5. The highest BCUT2D eigenvalue weighted by atomic mass is 35.5. The minimum Gasteiger partial charge on any atom is -0.493 e. The van der Waals surface area contributed by atoms with Crippen LogP contribution in [-0.2, 0) is 4.79 Å². The molecule has 4 nitrogen and oxygen atoms in total. The Labute approximate surface area is 151 Å². The highest BCUT2D eigenvalue weighted by Gasteiger charge is 2.07. The molecule has 0 aromatic heterocycles. The van der Waals surface area contributed by atoms with Crippen LogP contribution in [0.5, 0.6) is 11.5 Å². The molecule has 0 radical (unpaired) electrons. The van der Waals surface area contributed by atoms with Gasteiger partial charge in [-0.25, -0.2) is 0 Å². The second-order valence-corrected chi connectivity index (χ2v) is 6.70. The monoisotopic (exact) mass is 365 g/mol. The third-order valence-corrected chi connectivity index (χ3v) is 4.45. The lowest BCUT2D eigenvalue weighted by molar-refractivity contribution is -0.122. The standard InChI is InChI=1S/C18H20ClNO3S/c1-13-3-8-16(17(11-13)22-2)23-12-18(21)20-9-10-24-15-6-4-14(19)5-7-15/h3-8,11H,9-10,12H2,1-2H3,(H,20,21). The van der Waals surface area contributed by atoms with Crippen molar-refractivity contribution in [1.82, 2.24) is 5.32 Å². The maximum absolute atomic E-state index is 11.8. The van der Waals surface area contributed by atoms with Crippen molar-refractivity contribution in [3.8, 4) is 11.5 Å². The average Bonchev–Trinajstić information content (AvgIpc) is 2.59. The van der Waals surface area contributed by atoms with Crippen LogP contribution in [0.2, 0.25) is 5.02 Å². The van der Waals surface area contributed by atoms with Crippen molar-refractivity contribution in [2.24, 2.45) is 0 Å². The van der Waals surface area contributed by atoms with E-state index in [0.717, 1.165) is 21.2 Å². The molecule has 24 heavy (non-hydrogen) atoms. The van der Waals surface area contributed by atoms with Gasteiger partial charge in [0.05, 0.1) is 7.11 Å². The van der Waals surface area contributed by atoms with Gasteiger partial charge >= 0.3 is 0 Å². The van der Waals surface area contributed by atoms with E-state index in [1.54, 1.807) is 24.9 Å². The van der Waals surface area contributed by atoms with Crippen molar-refractivity contribution in [2.75, 3.05) is 26.0 Å². The Bertz CT molecular complexity index is 676. The zero-order valence-electron chi connectivity index (χ0n) is 13.7. The van der Waals surface area contributed by atoms with E-state index in [1.807, 2.05) is 43.3 Å². The average molecular weight is 366 g/mol. The molecule has 0 heterocycles. The number of halogens is 1. The first-order valence-electron chi connectivity index (χ1n) is 7.51. The molecule has 0 saturated heterocycles. The molecule has 1 amide bonds. The number of aryl methyl sites for hydroxylation is 1. The Balaban J connectivity index is 1.69. The van der Waals surface area contributed by atoms with Crippen molar-refractivity contribution >= 4 is 29.3 Å². The number of thioether (sulfide) groups is 1. The lowest BCUT2D eigenvalue weighted by Gasteiger charge is -2.11. The van der Waals surface area contributed by atoms with Crippen molar-refractivity contribution < 1.29 is 14.3 Å². The molecule has 0 bridgehead atoms. The van der Waals surface area contributed by atoms with Gasteiger partial charge in [0.15, 0.2) is 18.1 Å². The van der Waals surface area contributed by atoms with Gasteiger partial charge in [-0.05, 0) is 48.9 Å². The molecular formula is C18H20ClNO3S. The quantitative estimate of drug-likeness (QED) is 0.568. The Hall–Kier alpha value is -1.85. The summed E-state index contributed by atoms with van der Waals surface area (Å²) < 4.78 is 10.8. The molecule has 6 heteroatoms. The second kappa shape index (κ2) is 9.45. The van der Waals surface area contributed by atoms with Gasteiger partial charge < -0.3 is 14.8 Å². The van der Waals surface area contributed by atoms with E-state index in [4.69, 9.17) is 21.1 Å². The maximum Gasteiger partial charge on any atom is 0.257 e. The van der Waals surface area contributed by atoms with Crippen LogP contribution in [0.25, 0.3) is 0 Å². The van der Waals surface area contributed by atoms with E-state index >= 15 is 0 Å². The van der Waals surface area contributed by atoms with E-state index in [-0.39, 0.29) is 12.5 Å². The zero-order chi connectivity index (χ0) is 17.4. The number of hydrogen-bond acceptors (Lipinski definition) is 4. The molecule has 0 aliphatic carbocycles. The number of rotatable bonds is 8. The Morgan fingerprint density at radius 2 is 1.92 bits per heavy atom. The van der Waals surface area contributed by atoms with E-state index in [9.17, 15) is 4.79 Å². The Kier molecular flexibility index (Phi) is 7.28. The highest BCUT2D eigenvalue weighted by Crippen LogP contribution is 2.27. The lowest BCUT2D eigenvalue weighted by atomic mass is 10.2. The predicted octanol–water partition coefficient (Wildman–Crippen LogP) is 3.94. The number of ether oxygens (including phenoxy) is 2. The largest absolute Gasteiger partial charge is 0.493 e. The summed E-state index contributed by atoms with van der Waals surface area (Å²) in [6, 6.07) is 13.2. The summed E-state index contributed by atoms with van der Waals surface area (Å²) in [7, 11) is 1.58. The zero-order valence-corrected chi connectivity index (χ0v) is 15.2. The smallest absolute Gasteiger partial charge is 0.257 e. The van der Waals surface area contributed by atoms with Crippen LogP contribution in [0.4, 0.5) is 0 Å². The van der Waals surface area contributed by atoms with Crippen LogP contribution in [-0.4, -0.2) is 31.9 Å².